The Kier molecular flexibility index (Phi) is 3.61. The fraction of sp³-hybridized carbons (Fsp3) is 0.875. The molecule has 5 nitrogen and oxygen atoms in total. The van der Waals surface area contributed by atoms with Crippen LogP contribution in [0.1, 0.15) is 19.8 Å². The van der Waals surface area contributed by atoms with Crippen molar-refractivity contribution in [1.82, 2.24) is 0 Å². The molecule has 0 amide bonds. The summed E-state index contributed by atoms with van der Waals surface area (Å²) in [6.07, 6.45) is 1.39. The molecule has 78 valence electrons. The summed E-state index contributed by atoms with van der Waals surface area (Å²) in [5.41, 5.74) is 7.68. The van der Waals surface area contributed by atoms with Crippen molar-refractivity contribution in [2.24, 2.45) is 10.5 Å². The fourth-order valence-corrected chi connectivity index (χ4v) is 1.79. The lowest BCUT2D eigenvalue weighted by Crippen LogP contribution is -2.31. The van der Waals surface area contributed by atoms with Crippen LogP contribution in [0.25, 0.3) is 10.4 Å². The minimum absolute atomic E-state index is 0.156. The number of alkyl halides is 1. The predicted octanol–water partition coefficient (Wildman–Crippen LogP) is 2.25. The van der Waals surface area contributed by atoms with Gasteiger partial charge in [-0.3, -0.25) is 4.79 Å². The molecule has 1 fully saturated rings. The van der Waals surface area contributed by atoms with E-state index in [4.69, 9.17) is 21.9 Å². The quantitative estimate of drug-likeness (QED) is 0.233. The standard InChI is InChI=1S/C8H12ClN3O2/c1-2-14-7(13)8(3-4-8)6(5-9)11-12-10/h6H,2-5H2,1H3/t6-/m0/s1. The zero-order valence-electron chi connectivity index (χ0n) is 7.94. The first-order valence-electron chi connectivity index (χ1n) is 4.48. The number of rotatable bonds is 5. The number of nitrogens with zero attached hydrogens (tertiary/aromatic N) is 3. The second kappa shape index (κ2) is 4.53. The molecule has 0 N–H and O–H groups in total. The SMILES string of the molecule is CCOC(=O)C1([C@H](CCl)N=[N+]=[N-])CC1. The van der Waals surface area contributed by atoms with Crippen LogP contribution in [0.4, 0.5) is 0 Å². The van der Waals surface area contributed by atoms with Gasteiger partial charge in [0, 0.05) is 10.8 Å². The summed E-state index contributed by atoms with van der Waals surface area (Å²) < 4.78 is 4.92. The van der Waals surface area contributed by atoms with Crippen molar-refractivity contribution in [3.05, 3.63) is 10.4 Å². The Labute approximate surface area is 87.0 Å². The Hall–Kier alpha value is -0.930. The summed E-state index contributed by atoms with van der Waals surface area (Å²) in [5, 5.41) is 3.53. The molecule has 14 heavy (non-hydrogen) atoms. The van der Waals surface area contributed by atoms with Gasteiger partial charge in [0.15, 0.2) is 0 Å². The molecule has 0 aliphatic heterocycles. The summed E-state index contributed by atoms with van der Waals surface area (Å²) >= 11 is 5.64. The lowest BCUT2D eigenvalue weighted by molar-refractivity contribution is -0.150. The first-order chi connectivity index (χ1) is 6.71. The molecule has 0 saturated heterocycles. The normalized spacial score (nSPS) is 19.3. The molecule has 1 atom stereocenters. The van der Waals surface area contributed by atoms with Crippen molar-refractivity contribution >= 4 is 17.6 Å². The van der Waals surface area contributed by atoms with Gasteiger partial charge in [-0.2, -0.15) is 0 Å². The van der Waals surface area contributed by atoms with Gasteiger partial charge in [-0.15, -0.1) is 11.6 Å². The third kappa shape index (κ3) is 1.94. The van der Waals surface area contributed by atoms with Crippen LogP contribution in [0, 0.1) is 5.41 Å². The number of carbonyl (C=O) groups excluding carboxylic acids is 1. The lowest BCUT2D eigenvalue weighted by Gasteiger charge is -2.18. The fourth-order valence-electron chi connectivity index (χ4n) is 1.43. The van der Waals surface area contributed by atoms with Crippen LogP contribution in [0.3, 0.4) is 0 Å². The van der Waals surface area contributed by atoms with E-state index in [9.17, 15) is 4.79 Å². The van der Waals surface area contributed by atoms with E-state index in [0.717, 1.165) is 0 Å². The number of hydrogen-bond donors (Lipinski definition) is 0. The van der Waals surface area contributed by atoms with Crippen molar-refractivity contribution in [2.45, 2.75) is 25.8 Å². The molecule has 1 saturated carbocycles. The first kappa shape index (κ1) is 11.1. The monoisotopic (exact) mass is 217 g/mol. The van der Waals surface area contributed by atoms with Gasteiger partial charge < -0.3 is 4.74 Å². The van der Waals surface area contributed by atoms with E-state index in [0.29, 0.717) is 19.4 Å². The molecule has 1 aliphatic rings. The van der Waals surface area contributed by atoms with Crippen molar-refractivity contribution in [3.63, 3.8) is 0 Å². The molecule has 0 radical (unpaired) electrons. The van der Waals surface area contributed by atoms with Crippen molar-refractivity contribution in [3.8, 4) is 0 Å². The Morgan fingerprint density at radius 3 is 2.79 bits per heavy atom. The van der Waals surface area contributed by atoms with E-state index in [1.54, 1.807) is 6.92 Å². The van der Waals surface area contributed by atoms with Crippen molar-refractivity contribution in [2.75, 3.05) is 12.5 Å². The molecule has 1 aliphatic carbocycles. The molecule has 0 aromatic rings. The summed E-state index contributed by atoms with van der Waals surface area (Å²) in [5.74, 6) is -0.138. The molecule has 0 heterocycles. The number of carbonyl (C=O) groups is 1. The van der Waals surface area contributed by atoms with Crippen LogP contribution < -0.4 is 0 Å². The van der Waals surface area contributed by atoms with Crippen molar-refractivity contribution in [1.29, 1.82) is 0 Å². The average Bonchev–Trinajstić information content (AvgIpc) is 2.95. The topological polar surface area (TPSA) is 75.1 Å². The molecule has 0 bridgehead atoms. The van der Waals surface area contributed by atoms with E-state index < -0.39 is 11.5 Å². The van der Waals surface area contributed by atoms with Gasteiger partial charge in [0.05, 0.1) is 18.1 Å². The Morgan fingerprint density at radius 2 is 2.43 bits per heavy atom. The third-order valence-corrected chi connectivity index (χ3v) is 2.74. The number of azide groups is 1. The second-order valence-corrected chi connectivity index (χ2v) is 3.56. The highest BCUT2D eigenvalue weighted by Crippen LogP contribution is 2.51. The zero-order chi connectivity index (χ0) is 10.6. The van der Waals surface area contributed by atoms with E-state index in [2.05, 4.69) is 10.0 Å². The molecule has 0 unspecified atom stereocenters. The van der Waals surface area contributed by atoms with E-state index in [1.165, 1.54) is 0 Å². The van der Waals surface area contributed by atoms with Gasteiger partial charge in [-0.1, -0.05) is 5.11 Å². The maximum Gasteiger partial charge on any atom is 0.312 e. The number of esters is 1. The maximum atomic E-state index is 11.5. The Morgan fingerprint density at radius 1 is 1.79 bits per heavy atom. The Bertz CT molecular complexity index is 272. The predicted molar refractivity (Wildman–Crippen MR) is 52.0 cm³/mol. The Balaban J connectivity index is 2.72. The number of ether oxygens (including phenoxy) is 1. The van der Waals surface area contributed by atoms with Gasteiger partial charge in [-0.05, 0) is 25.3 Å². The highest BCUT2D eigenvalue weighted by molar-refractivity contribution is 6.18. The first-order valence-corrected chi connectivity index (χ1v) is 5.02. The molecule has 0 spiro atoms. The van der Waals surface area contributed by atoms with Crippen LogP contribution in [-0.2, 0) is 9.53 Å². The molecule has 1 rings (SSSR count). The van der Waals surface area contributed by atoms with Crippen LogP contribution in [-0.4, -0.2) is 24.5 Å². The van der Waals surface area contributed by atoms with Crippen LogP contribution in [0.5, 0.6) is 0 Å². The smallest absolute Gasteiger partial charge is 0.312 e. The molecular weight excluding hydrogens is 206 g/mol. The van der Waals surface area contributed by atoms with E-state index >= 15 is 0 Å². The highest BCUT2D eigenvalue weighted by atomic mass is 35.5. The summed E-state index contributed by atoms with van der Waals surface area (Å²) in [4.78, 5) is 14.2. The van der Waals surface area contributed by atoms with E-state index in [1.807, 2.05) is 0 Å². The largest absolute Gasteiger partial charge is 0.466 e. The molecule has 0 aromatic carbocycles. The average molecular weight is 218 g/mol. The number of hydrogen-bond acceptors (Lipinski definition) is 3. The van der Waals surface area contributed by atoms with Gasteiger partial charge in [0.25, 0.3) is 0 Å². The highest BCUT2D eigenvalue weighted by Gasteiger charge is 2.56. The number of halogens is 1. The van der Waals surface area contributed by atoms with Crippen molar-refractivity contribution < 1.29 is 9.53 Å². The molecule has 6 heteroatoms. The minimum Gasteiger partial charge on any atom is -0.466 e. The zero-order valence-corrected chi connectivity index (χ0v) is 8.70. The third-order valence-electron chi connectivity index (χ3n) is 2.45. The molecule has 0 aromatic heterocycles. The summed E-state index contributed by atoms with van der Waals surface area (Å²) in [6.45, 7) is 2.09. The second-order valence-electron chi connectivity index (χ2n) is 3.25. The minimum atomic E-state index is -0.635. The summed E-state index contributed by atoms with van der Waals surface area (Å²) in [7, 11) is 0. The van der Waals surface area contributed by atoms with Crippen LogP contribution in [0.15, 0.2) is 5.11 Å². The van der Waals surface area contributed by atoms with Gasteiger partial charge in [0.2, 0.25) is 0 Å². The van der Waals surface area contributed by atoms with Gasteiger partial charge in [0.1, 0.15) is 0 Å². The maximum absolute atomic E-state index is 11.5. The van der Waals surface area contributed by atoms with Gasteiger partial charge in [-0.25, -0.2) is 0 Å². The van der Waals surface area contributed by atoms with Crippen LogP contribution in [0.2, 0.25) is 0 Å². The van der Waals surface area contributed by atoms with E-state index in [-0.39, 0.29) is 11.8 Å². The van der Waals surface area contributed by atoms with Gasteiger partial charge >= 0.3 is 5.97 Å². The summed E-state index contributed by atoms with van der Waals surface area (Å²) in [6, 6.07) is -0.479. The lowest BCUT2D eigenvalue weighted by atomic mass is 9.99. The van der Waals surface area contributed by atoms with Crippen LogP contribution >= 0.6 is 11.6 Å². The molecular formula is C8H12ClN3O2.